The first-order valence-corrected chi connectivity index (χ1v) is 8.33. The number of carboxylic acid groups (broad SMARTS) is 1. The molecule has 1 aromatic heterocycles. The first-order chi connectivity index (χ1) is 9.65. The van der Waals surface area contributed by atoms with Gasteiger partial charge in [0.15, 0.2) is 0 Å². The molecule has 1 aromatic rings. The molecule has 0 bridgehead atoms. The second-order valence-corrected chi connectivity index (χ2v) is 6.64. The molecule has 0 amide bonds. The van der Waals surface area contributed by atoms with Crippen molar-refractivity contribution in [2.24, 2.45) is 0 Å². The number of hydrogen-bond acceptors (Lipinski definition) is 4. The molecule has 4 nitrogen and oxygen atoms in total. The molecule has 0 spiro atoms. The number of carbonyl (C=O) groups is 1. The second-order valence-electron chi connectivity index (χ2n) is 5.37. The van der Waals surface area contributed by atoms with E-state index in [0.29, 0.717) is 11.3 Å². The minimum Gasteiger partial charge on any atom is -0.477 e. The highest BCUT2D eigenvalue weighted by Crippen LogP contribution is 2.37. The lowest BCUT2D eigenvalue weighted by molar-refractivity contribution is 0.0690. The highest BCUT2D eigenvalue weighted by atomic mass is 32.2. The van der Waals surface area contributed by atoms with Crippen molar-refractivity contribution in [3.05, 3.63) is 29.6 Å². The summed E-state index contributed by atoms with van der Waals surface area (Å²) in [4.78, 5) is 15.0. The van der Waals surface area contributed by atoms with Crippen molar-refractivity contribution in [3.8, 4) is 0 Å². The molecule has 0 unspecified atom stereocenters. The largest absolute Gasteiger partial charge is 0.477 e. The predicted molar refractivity (Wildman–Crippen MR) is 82.2 cm³/mol. The molecule has 0 aromatic carbocycles. The van der Waals surface area contributed by atoms with Gasteiger partial charge in [-0.25, -0.2) is 9.78 Å². The van der Waals surface area contributed by atoms with Gasteiger partial charge in [-0.1, -0.05) is 25.3 Å². The smallest absolute Gasteiger partial charge is 0.354 e. The standard InChI is InChI=1S/C15H22N2O2S/c1-20-15(8-3-2-4-9-15)11-16-10-12-6-5-7-13(17-12)14(18)19/h5-7,16H,2-4,8-11H2,1H3,(H,18,19). The van der Waals surface area contributed by atoms with Gasteiger partial charge in [0.2, 0.25) is 0 Å². The summed E-state index contributed by atoms with van der Waals surface area (Å²) >= 11 is 1.96. The van der Waals surface area contributed by atoms with E-state index in [2.05, 4.69) is 16.6 Å². The van der Waals surface area contributed by atoms with Crippen molar-refractivity contribution in [1.29, 1.82) is 0 Å². The van der Waals surface area contributed by atoms with Crippen LogP contribution >= 0.6 is 11.8 Å². The fourth-order valence-electron chi connectivity index (χ4n) is 2.76. The topological polar surface area (TPSA) is 62.2 Å². The third-order valence-corrected chi connectivity index (χ3v) is 5.40. The van der Waals surface area contributed by atoms with Crippen molar-refractivity contribution in [1.82, 2.24) is 10.3 Å². The lowest BCUT2D eigenvalue weighted by Crippen LogP contribution is -2.39. The van der Waals surface area contributed by atoms with Crippen molar-refractivity contribution >= 4 is 17.7 Å². The van der Waals surface area contributed by atoms with E-state index in [1.54, 1.807) is 6.07 Å². The maximum atomic E-state index is 10.9. The minimum atomic E-state index is -0.972. The summed E-state index contributed by atoms with van der Waals surface area (Å²) in [5.41, 5.74) is 0.901. The molecule has 0 radical (unpaired) electrons. The van der Waals surface area contributed by atoms with Crippen LogP contribution in [0.2, 0.25) is 0 Å². The second kappa shape index (κ2) is 7.09. The van der Waals surface area contributed by atoms with Crippen LogP contribution in [-0.2, 0) is 6.54 Å². The van der Waals surface area contributed by atoms with E-state index in [1.165, 1.54) is 38.2 Å². The molecule has 0 atom stereocenters. The van der Waals surface area contributed by atoms with Gasteiger partial charge in [0, 0.05) is 17.8 Å². The highest BCUT2D eigenvalue weighted by molar-refractivity contribution is 8.00. The Kier molecular flexibility index (Phi) is 5.43. The normalized spacial score (nSPS) is 17.9. The average molecular weight is 294 g/mol. The van der Waals surface area contributed by atoms with Gasteiger partial charge in [0.1, 0.15) is 5.69 Å². The molecule has 110 valence electrons. The molecule has 2 rings (SSSR count). The van der Waals surface area contributed by atoms with Gasteiger partial charge < -0.3 is 10.4 Å². The highest BCUT2D eigenvalue weighted by Gasteiger charge is 2.30. The first-order valence-electron chi connectivity index (χ1n) is 7.10. The summed E-state index contributed by atoms with van der Waals surface area (Å²) < 4.78 is 0.350. The Labute approximate surface area is 124 Å². The van der Waals surface area contributed by atoms with Crippen LogP contribution in [0, 0.1) is 0 Å². The molecule has 1 heterocycles. The summed E-state index contributed by atoms with van der Waals surface area (Å²) in [6.45, 7) is 1.59. The van der Waals surface area contributed by atoms with E-state index in [9.17, 15) is 4.79 Å². The van der Waals surface area contributed by atoms with E-state index < -0.39 is 5.97 Å². The number of hydrogen-bond donors (Lipinski definition) is 2. The number of aromatic nitrogens is 1. The molecule has 0 aliphatic heterocycles. The molecular formula is C15H22N2O2S. The molecule has 1 fully saturated rings. The van der Waals surface area contributed by atoms with Crippen molar-refractivity contribution in [3.63, 3.8) is 0 Å². The zero-order chi connectivity index (χ0) is 14.4. The quantitative estimate of drug-likeness (QED) is 0.844. The maximum Gasteiger partial charge on any atom is 0.354 e. The molecular weight excluding hydrogens is 272 g/mol. The van der Waals surface area contributed by atoms with Crippen LogP contribution in [0.5, 0.6) is 0 Å². The summed E-state index contributed by atoms with van der Waals surface area (Å²) in [6, 6.07) is 5.14. The van der Waals surface area contributed by atoms with E-state index in [4.69, 9.17) is 5.11 Å². The Morgan fingerprint density at radius 2 is 2.15 bits per heavy atom. The van der Waals surface area contributed by atoms with Gasteiger partial charge in [-0.05, 0) is 31.2 Å². The number of aromatic carboxylic acids is 1. The van der Waals surface area contributed by atoms with Crippen LogP contribution in [0.4, 0.5) is 0 Å². The fourth-order valence-corrected chi connectivity index (χ4v) is 3.71. The number of carboxylic acids is 1. The van der Waals surface area contributed by atoms with E-state index in [-0.39, 0.29) is 5.69 Å². The monoisotopic (exact) mass is 294 g/mol. The minimum absolute atomic E-state index is 0.113. The Bertz CT molecular complexity index is 459. The Hall–Kier alpha value is -1.07. The lowest BCUT2D eigenvalue weighted by Gasteiger charge is -2.36. The molecule has 1 aliphatic carbocycles. The third kappa shape index (κ3) is 3.96. The van der Waals surface area contributed by atoms with Crippen LogP contribution < -0.4 is 5.32 Å². The van der Waals surface area contributed by atoms with Crippen molar-refractivity contribution < 1.29 is 9.90 Å². The van der Waals surface area contributed by atoms with Crippen LogP contribution in [-0.4, -0.2) is 33.6 Å². The molecule has 2 N–H and O–H groups in total. The lowest BCUT2D eigenvalue weighted by atomic mass is 9.88. The number of nitrogens with one attached hydrogen (secondary N) is 1. The van der Waals surface area contributed by atoms with Gasteiger partial charge in [-0.15, -0.1) is 0 Å². The van der Waals surface area contributed by atoms with Crippen molar-refractivity contribution in [2.75, 3.05) is 12.8 Å². The van der Waals surface area contributed by atoms with Crippen LogP contribution in [0.3, 0.4) is 0 Å². The zero-order valence-electron chi connectivity index (χ0n) is 11.9. The van der Waals surface area contributed by atoms with Gasteiger partial charge in [-0.3, -0.25) is 0 Å². The Morgan fingerprint density at radius 3 is 2.80 bits per heavy atom. The molecule has 20 heavy (non-hydrogen) atoms. The van der Waals surface area contributed by atoms with Crippen LogP contribution in [0.1, 0.15) is 48.3 Å². The average Bonchev–Trinajstić information content (AvgIpc) is 2.48. The molecule has 5 heteroatoms. The van der Waals surface area contributed by atoms with E-state index >= 15 is 0 Å². The van der Waals surface area contributed by atoms with Gasteiger partial charge in [-0.2, -0.15) is 11.8 Å². The maximum absolute atomic E-state index is 10.9. The first kappa shape index (κ1) is 15.3. The molecule has 0 saturated heterocycles. The molecule has 1 saturated carbocycles. The Balaban J connectivity index is 1.88. The number of nitrogens with zero attached hydrogens (tertiary/aromatic N) is 1. The van der Waals surface area contributed by atoms with Crippen LogP contribution in [0.25, 0.3) is 0 Å². The summed E-state index contributed by atoms with van der Waals surface area (Å²) in [7, 11) is 0. The van der Waals surface area contributed by atoms with Crippen LogP contribution in [0.15, 0.2) is 18.2 Å². The third-order valence-electron chi connectivity index (χ3n) is 3.98. The SMILES string of the molecule is CSC1(CNCc2cccc(C(=O)O)n2)CCCCC1. The Morgan fingerprint density at radius 1 is 1.40 bits per heavy atom. The van der Waals surface area contributed by atoms with E-state index in [1.807, 2.05) is 17.8 Å². The number of pyridine rings is 1. The van der Waals surface area contributed by atoms with Gasteiger partial charge in [0.25, 0.3) is 0 Å². The van der Waals surface area contributed by atoms with Gasteiger partial charge in [0.05, 0.1) is 5.69 Å². The summed E-state index contributed by atoms with van der Waals surface area (Å²) in [6.07, 6.45) is 8.71. The summed E-state index contributed by atoms with van der Waals surface area (Å²) in [5.74, 6) is -0.972. The fraction of sp³-hybridized carbons (Fsp3) is 0.600. The molecule has 1 aliphatic rings. The van der Waals surface area contributed by atoms with Crippen molar-refractivity contribution in [2.45, 2.75) is 43.4 Å². The number of rotatable bonds is 6. The van der Waals surface area contributed by atoms with Gasteiger partial charge >= 0.3 is 5.97 Å². The zero-order valence-corrected chi connectivity index (χ0v) is 12.7. The number of thioether (sulfide) groups is 1. The van der Waals surface area contributed by atoms with E-state index in [0.717, 1.165) is 12.2 Å². The summed E-state index contributed by atoms with van der Waals surface area (Å²) in [5, 5.41) is 12.4. The predicted octanol–water partition coefficient (Wildman–Crippen LogP) is 2.94.